The van der Waals surface area contributed by atoms with Crippen molar-refractivity contribution >= 4 is 78.1 Å². The lowest BCUT2D eigenvalue weighted by atomic mass is 10.1. The van der Waals surface area contributed by atoms with Crippen LogP contribution in [0.25, 0.3) is 0 Å². The molecule has 0 saturated carbocycles. The highest BCUT2D eigenvalue weighted by Crippen LogP contribution is 2.41. The summed E-state index contributed by atoms with van der Waals surface area (Å²) in [6, 6.07) is 11.5. The van der Waals surface area contributed by atoms with Gasteiger partial charge in [-0.15, -0.1) is 11.3 Å². The van der Waals surface area contributed by atoms with Crippen LogP contribution in [0.1, 0.15) is 10.4 Å². The molecule has 1 atom stereocenters. The summed E-state index contributed by atoms with van der Waals surface area (Å²) in [5, 5.41) is 3.09. The first kappa shape index (κ1) is 27.8. The van der Waals surface area contributed by atoms with Crippen molar-refractivity contribution in [2.75, 3.05) is 43.0 Å². The Morgan fingerprint density at radius 3 is 2.41 bits per heavy atom. The SMILES string of the molecule is COc1cc(N(c2ccc(Cl)s2)S(=O)O)c(C(=O)Nc2ccc(S(=O)(=O)N3CCOCC3)cc2)cc1Cl. The number of nitrogens with zero attached hydrogens (tertiary/aromatic N) is 2. The number of carbonyl (C=O) groups excluding carboxylic acids is 1. The number of amides is 1. The third kappa shape index (κ3) is 6.10. The summed E-state index contributed by atoms with van der Waals surface area (Å²) in [5.74, 6) is -0.467. The van der Waals surface area contributed by atoms with E-state index < -0.39 is 27.2 Å². The number of benzene rings is 2. The van der Waals surface area contributed by atoms with Gasteiger partial charge in [-0.05, 0) is 42.5 Å². The number of thiophene rings is 1. The van der Waals surface area contributed by atoms with Gasteiger partial charge in [0, 0.05) is 24.8 Å². The van der Waals surface area contributed by atoms with Gasteiger partial charge < -0.3 is 14.8 Å². The molecule has 1 amide bonds. The summed E-state index contributed by atoms with van der Waals surface area (Å²) < 4.78 is 61.3. The minimum atomic E-state index is -3.70. The number of methoxy groups -OCH3 is 1. The number of anilines is 3. The van der Waals surface area contributed by atoms with E-state index in [4.69, 9.17) is 32.7 Å². The molecule has 1 aliphatic rings. The Morgan fingerprint density at radius 1 is 1.16 bits per heavy atom. The molecule has 198 valence electrons. The number of ether oxygens (including phenoxy) is 2. The second-order valence-electron chi connectivity index (χ2n) is 7.60. The number of halogens is 2. The average molecular weight is 607 g/mol. The van der Waals surface area contributed by atoms with Gasteiger partial charge >= 0.3 is 0 Å². The fourth-order valence-corrected chi connectivity index (χ4v) is 7.03. The van der Waals surface area contributed by atoms with Crippen LogP contribution in [0.2, 0.25) is 9.36 Å². The highest BCUT2D eigenvalue weighted by Gasteiger charge is 2.28. The molecule has 37 heavy (non-hydrogen) atoms. The second-order valence-corrected chi connectivity index (χ2v) is 12.5. The van der Waals surface area contributed by atoms with Crippen molar-refractivity contribution in [3.8, 4) is 5.75 Å². The van der Waals surface area contributed by atoms with Crippen LogP contribution in [-0.4, -0.2) is 60.8 Å². The van der Waals surface area contributed by atoms with E-state index in [0.29, 0.717) is 28.2 Å². The fraction of sp³-hybridized carbons (Fsp3) is 0.227. The van der Waals surface area contributed by atoms with Crippen molar-refractivity contribution in [3.05, 3.63) is 63.5 Å². The first-order valence-electron chi connectivity index (χ1n) is 10.6. The number of carbonyl (C=O) groups is 1. The van der Waals surface area contributed by atoms with Crippen LogP contribution in [0.5, 0.6) is 5.75 Å². The number of hydrogen-bond donors (Lipinski definition) is 2. The molecule has 4 rings (SSSR count). The summed E-state index contributed by atoms with van der Waals surface area (Å²) in [6.45, 7) is 1.18. The van der Waals surface area contributed by atoms with Crippen LogP contribution in [-0.2, 0) is 26.0 Å². The zero-order chi connectivity index (χ0) is 26.7. The molecule has 10 nitrogen and oxygen atoms in total. The molecule has 1 saturated heterocycles. The first-order chi connectivity index (χ1) is 17.6. The summed E-state index contributed by atoms with van der Waals surface area (Å²) in [4.78, 5) is 13.4. The van der Waals surface area contributed by atoms with Gasteiger partial charge in [-0.2, -0.15) is 4.31 Å². The van der Waals surface area contributed by atoms with Gasteiger partial charge in [0.15, 0.2) is 0 Å². The van der Waals surface area contributed by atoms with Gasteiger partial charge in [-0.3, -0.25) is 9.35 Å². The van der Waals surface area contributed by atoms with E-state index in [1.54, 1.807) is 6.07 Å². The molecular formula is C22H21Cl2N3O7S3. The summed E-state index contributed by atoms with van der Waals surface area (Å²) >= 11 is 10.8. The number of nitrogens with one attached hydrogen (secondary N) is 1. The number of morpholine rings is 1. The summed E-state index contributed by atoms with van der Waals surface area (Å²) in [6.07, 6.45) is 0. The predicted octanol–water partition coefficient (Wildman–Crippen LogP) is 4.61. The van der Waals surface area contributed by atoms with Crippen molar-refractivity contribution in [2.24, 2.45) is 0 Å². The minimum Gasteiger partial charge on any atom is -0.495 e. The van der Waals surface area contributed by atoms with Crippen molar-refractivity contribution < 1.29 is 31.4 Å². The maximum absolute atomic E-state index is 13.3. The Bertz CT molecular complexity index is 1430. The molecule has 1 aromatic heterocycles. The van der Waals surface area contributed by atoms with Crippen LogP contribution in [0.4, 0.5) is 16.4 Å². The molecule has 2 N–H and O–H groups in total. The van der Waals surface area contributed by atoms with Gasteiger partial charge in [-0.1, -0.05) is 23.2 Å². The van der Waals surface area contributed by atoms with Gasteiger partial charge in [-0.25, -0.2) is 16.9 Å². The monoisotopic (exact) mass is 605 g/mol. The molecular weight excluding hydrogens is 585 g/mol. The zero-order valence-corrected chi connectivity index (χ0v) is 23.2. The van der Waals surface area contributed by atoms with Gasteiger partial charge in [0.2, 0.25) is 10.0 Å². The Balaban J connectivity index is 1.65. The van der Waals surface area contributed by atoms with Crippen molar-refractivity contribution in [1.29, 1.82) is 0 Å². The molecule has 1 unspecified atom stereocenters. The van der Waals surface area contributed by atoms with E-state index >= 15 is 0 Å². The van der Waals surface area contributed by atoms with Crippen LogP contribution in [0.3, 0.4) is 0 Å². The number of rotatable bonds is 8. The van der Waals surface area contributed by atoms with E-state index in [9.17, 15) is 22.0 Å². The Morgan fingerprint density at radius 2 is 1.84 bits per heavy atom. The zero-order valence-electron chi connectivity index (χ0n) is 19.2. The molecule has 1 fully saturated rings. The van der Waals surface area contributed by atoms with Gasteiger partial charge in [0.1, 0.15) is 10.8 Å². The fourth-order valence-electron chi connectivity index (χ4n) is 3.59. The van der Waals surface area contributed by atoms with E-state index in [-0.39, 0.29) is 40.0 Å². The highest BCUT2D eigenvalue weighted by atomic mass is 35.5. The second kappa shape index (κ2) is 11.7. The van der Waals surface area contributed by atoms with Crippen molar-refractivity contribution in [2.45, 2.75) is 4.90 Å². The summed E-state index contributed by atoms with van der Waals surface area (Å²) in [5.41, 5.74) is 0.326. The lowest BCUT2D eigenvalue weighted by molar-refractivity contribution is 0.0730. The number of sulfonamides is 1. The highest BCUT2D eigenvalue weighted by molar-refractivity contribution is 7.89. The molecule has 15 heteroatoms. The molecule has 3 aromatic rings. The molecule has 0 bridgehead atoms. The Labute approximate surface area is 230 Å². The molecule has 0 aliphatic carbocycles. The lowest BCUT2D eigenvalue weighted by Gasteiger charge is -2.26. The molecule has 1 aliphatic heterocycles. The van der Waals surface area contributed by atoms with Crippen LogP contribution in [0.15, 0.2) is 53.4 Å². The van der Waals surface area contributed by atoms with Crippen LogP contribution >= 0.6 is 34.5 Å². The maximum atomic E-state index is 13.3. The first-order valence-corrected chi connectivity index (χ1v) is 14.7. The number of hydrogen-bond acceptors (Lipinski definition) is 7. The average Bonchev–Trinajstić information content (AvgIpc) is 3.30. The van der Waals surface area contributed by atoms with Crippen molar-refractivity contribution in [1.82, 2.24) is 4.31 Å². The third-order valence-corrected chi connectivity index (χ3v) is 9.61. The Kier molecular flexibility index (Phi) is 8.76. The van der Waals surface area contributed by atoms with Crippen LogP contribution in [0, 0.1) is 0 Å². The van der Waals surface area contributed by atoms with E-state index in [2.05, 4.69) is 5.32 Å². The smallest absolute Gasteiger partial charge is 0.267 e. The van der Waals surface area contributed by atoms with Crippen LogP contribution < -0.4 is 14.4 Å². The van der Waals surface area contributed by atoms with Crippen molar-refractivity contribution in [3.63, 3.8) is 0 Å². The summed E-state index contributed by atoms with van der Waals surface area (Å²) in [7, 11) is -2.32. The molecule has 2 heterocycles. The predicted molar refractivity (Wildman–Crippen MR) is 144 cm³/mol. The van der Waals surface area contributed by atoms with Gasteiger partial charge in [0.25, 0.3) is 17.2 Å². The molecule has 2 aromatic carbocycles. The molecule has 0 spiro atoms. The largest absolute Gasteiger partial charge is 0.495 e. The van der Waals surface area contributed by atoms with E-state index in [0.717, 1.165) is 15.6 Å². The standard InChI is InChI=1S/C22H21Cl2N3O7S3/c1-33-19-13-18(27(36(29)30)21-7-6-20(24)35-21)16(12-17(19)23)22(28)25-14-2-4-15(5-3-14)37(31,32)26-8-10-34-11-9-26/h2-7,12-13H,8-11H2,1H3,(H,25,28)(H,29,30). The lowest BCUT2D eigenvalue weighted by Crippen LogP contribution is -2.40. The van der Waals surface area contributed by atoms with E-state index in [1.807, 2.05) is 0 Å². The topological polar surface area (TPSA) is 125 Å². The van der Waals surface area contributed by atoms with E-state index in [1.165, 1.54) is 53.9 Å². The minimum absolute atomic E-state index is 0.0252. The Hall–Kier alpha value is -2.23. The van der Waals surface area contributed by atoms with Gasteiger partial charge in [0.05, 0.1) is 45.8 Å². The quantitative estimate of drug-likeness (QED) is 0.359. The normalized spacial score (nSPS) is 15.2. The molecule has 0 radical (unpaired) electrons. The third-order valence-electron chi connectivity index (χ3n) is 5.37. The maximum Gasteiger partial charge on any atom is 0.267 e.